The third-order valence-electron chi connectivity index (χ3n) is 5.63. The normalized spacial score (nSPS) is 15.2. The molecule has 236 valence electrons. The Morgan fingerprint density at radius 2 is 1.15 bits per heavy atom. The Morgan fingerprint density at radius 3 is 1.63 bits per heavy atom. The average Bonchev–Trinajstić information content (AvgIpc) is 3.01. The highest BCUT2D eigenvalue weighted by molar-refractivity contribution is 5.67. The molecule has 12 heteroatoms. The van der Waals surface area contributed by atoms with Crippen LogP contribution in [0, 0.1) is 0 Å². The van der Waals surface area contributed by atoms with Crippen molar-refractivity contribution in [2.75, 3.05) is 112 Å². The zero-order chi connectivity index (χ0) is 28.9. The van der Waals surface area contributed by atoms with E-state index in [1.807, 2.05) is 30.3 Å². The van der Waals surface area contributed by atoms with Crippen LogP contribution in [0.15, 0.2) is 30.3 Å². The summed E-state index contributed by atoms with van der Waals surface area (Å²) in [7, 11) is 0. The van der Waals surface area contributed by atoms with Crippen molar-refractivity contribution in [3.05, 3.63) is 35.9 Å². The number of hydrogen-bond donors (Lipinski definition) is 1. The first-order chi connectivity index (χ1) is 20.3. The zero-order valence-corrected chi connectivity index (χ0v) is 24.3. The maximum atomic E-state index is 11.6. The van der Waals surface area contributed by atoms with Crippen LogP contribution in [0.3, 0.4) is 0 Å². The van der Waals surface area contributed by atoms with E-state index in [0.29, 0.717) is 106 Å². The van der Waals surface area contributed by atoms with Gasteiger partial charge in [0.05, 0.1) is 99.1 Å². The van der Waals surface area contributed by atoms with Crippen molar-refractivity contribution in [1.82, 2.24) is 5.32 Å². The van der Waals surface area contributed by atoms with Crippen molar-refractivity contribution in [3.8, 4) is 0 Å². The van der Waals surface area contributed by atoms with E-state index in [-0.39, 0.29) is 12.9 Å². The van der Waals surface area contributed by atoms with Gasteiger partial charge in [-0.2, -0.15) is 0 Å². The number of amides is 1. The third-order valence-corrected chi connectivity index (χ3v) is 5.63. The van der Waals surface area contributed by atoms with E-state index >= 15 is 0 Å². The summed E-state index contributed by atoms with van der Waals surface area (Å²) in [5.41, 5.74) is 0.941. The Morgan fingerprint density at radius 1 is 0.659 bits per heavy atom. The van der Waals surface area contributed by atoms with E-state index in [0.717, 1.165) is 31.4 Å². The fourth-order valence-electron chi connectivity index (χ4n) is 3.50. The van der Waals surface area contributed by atoms with E-state index in [1.165, 1.54) is 0 Å². The molecule has 1 saturated heterocycles. The Balaban J connectivity index is 1.17. The number of benzene rings is 1. The van der Waals surface area contributed by atoms with E-state index in [9.17, 15) is 4.79 Å². The van der Waals surface area contributed by atoms with Crippen LogP contribution in [0.25, 0.3) is 0 Å². The second-order valence-electron chi connectivity index (χ2n) is 8.94. The third kappa shape index (κ3) is 22.4. The van der Waals surface area contributed by atoms with Crippen molar-refractivity contribution in [1.29, 1.82) is 0 Å². The zero-order valence-electron chi connectivity index (χ0n) is 24.3. The Bertz CT molecular complexity index is 707. The summed E-state index contributed by atoms with van der Waals surface area (Å²) in [6, 6.07) is 9.52. The summed E-state index contributed by atoms with van der Waals surface area (Å²) in [6.45, 7) is 8.82. The van der Waals surface area contributed by atoms with Crippen molar-refractivity contribution >= 4 is 6.09 Å². The molecule has 1 fully saturated rings. The molecular formula is C29H49NO11. The highest BCUT2D eigenvalue weighted by atomic mass is 16.7. The Hall–Kier alpha value is -1.87. The van der Waals surface area contributed by atoms with Crippen LogP contribution < -0.4 is 5.32 Å². The van der Waals surface area contributed by atoms with Crippen LogP contribution in [-0.4, -0.2) is 125 Å². The molecular weight excluding hydrogens is 538 g/mol. The lowest BCUT2D eigenvalue weighted by Gasteiger charge is -2.22. The molecule has 1 heterocycles. The molecule has 41 heavy (non-hydrogen) atoms. The molecule has 0 spiro atoms. The van der Waals surface area contributed by atoms with Gasteiger partial charge in [-0.05, 0) is 24.8 Å². The number of nitrogens with one attached hydrogen (secondary N) is 1. The smallest absolute Gasteiger partial charge is 0.407 e. The minimum atomic E-state index is -0.465. The van der Waals surface area contributed by atoms with Gasteiger partial charge in [-0.25, -0.2) is 4.79 Å². The molecule has 0 radical (unpaired) electrons. The number of ether oxygens (including phenoxy) is 10. The van der Waals surface area contributed by atoms with Gasteiger partial charge in [0.15, 0.2) is 6.29 Å². The fraction of sp³-hybridized carbons (Fsp3) is 0.759. The predicted molar refractivity (Wildman–Crippen MR) is 150 cm³/mol. The van der Waals surface area contributed by atoms with E-state index in [1.54, 1.807) is 0 Å². The van der Waals surface area contributed by atoms with Crippen LogP contribution >= 0.6 is 0 Å². The van der Waals surface area contributed by atoms with Crippen LogP contribution in [-0.2, 0) is 54.0 Å². The van der Waals surface area contributed by atoms with Gasteiger partial charge in [-0.15, -0.1) is 0 Å². The minimum Gasteiger partial charge on any atom is -0.445 e. The van der Waals surface area contributed by atoms with Crippen molar-refractivity contribution in [2.24, 2.45) is 0 Å². The van der Waals surface area contributed by atoms with Crippen molar-refractivity contribution < 1.29 is 52.2 Å². The summed E-state index contributed by atoms with van der Waals surface area (Å²) < 4.78 is 54.4. The molecule has 0 saturated carbocycles. The highest BCUT2D eigenvalue weighted by Gasteiger charge is 2.13. The van der Waals surface area contributed by atoms with Crippen molar-refractivity contribution in [2.45, 2.75) is 32.2 Å². The summed E-state index contributed by atoms with van der Waals surface area (Å²) in [4.78, 5) is 11.6. The summed E-state index contributed by atoms with van der Waals surface area (Å²) in [6.07, 6.45) is 2.72. The number of hydrogen-bond acceptors (Lipinski definition) is 11. The molecule has 0 aliphatic carbocycles. The van der Waals surface area contributed by atoms with Gasteiger partial charge in [-0.1, -0.05) is 30.3 Å². The van der Waals surface area contributed by atoms with Crippen LogP contribution in [0.4, 0.5) is 4.79 Å². The lowest BCUT2D eigenvalue weighted by molar-refractivity contribution is -0.169. The molecule has 1 aliphatic heterocycles. The number of rotatable bonds is 27. The van der Waals surface area contributed by atoms with Crippen LogP contribution in [0.1, 0.15) is 24.8 Å². The molecule has 12 nitrogen and oxygen atoms in total. The van der Waals surface area contributed by atoms with Gasteiger partial charge < -0.3 is 52.7 Å². The summed E-state index contributed by atoms with van der Waals surface area (Å²) in [5.74, 6) is 0. The van der Waals surface area contributed by atoms with E-state index in [2.05, 4.69) is 5.32 Å². The Labute approximate surface area is 244 Å². The molecule has 1 atom stereocenters. The summed E-state index contributed by atoms with van der Waals surface area (Å²) in [5, 5.41) is 2.64. The summed E-state index contributed by atoms with van der Waals surface area (Å²) >= 11 is 0. The number of carbonyl (C=O) groups is 1. The van der Waals surface area contributed by atoms with Crippen LogP contribution in [0.2, 0.25) is 0 Å². The number of alkyl carbamates (subject to hydrolysis) is 1. The lowest BCUT2D eigenvalue weighted by atomic mass is 10.2. The SMILES string of the molecule is O=C(NCCOCCOCCOCCOCCOCCOCCOCCOC1CCCCO1)OCc1ccccc1. The Kier molecular flexibility index (Phi) is 23.3. The molecule has 1 amide bonds. The molecule has 0 bridgehead atoms. The molecule has 1 aromatic rings. The maximum absolute atomic E-state index is 11.6. The molecule has 1 aliphatic rings. The average molecular weight is 588 g/mol. The van der Waals surface area contributed by atoms with Gasteiger partial charge in [-0.3, -0.25) is 0 Å². The van der Waals surface area contributed by atoms with Gasteiger partial charge in [0.25, 0.3) is 0 Å². The maximum Gasteiger partial charge on any atom is 0.407 e. The van der Waals surface area contributed by atoms with E-state index in [4.69, 9.17) is 47.4 Å². The topological polar surface area (TPSA) is 121 Å². The van der Waals surface area contributed by atoms with Gasteiger partial charge >= 0.3 is 6.09 Å². The predicted octanol–water partition coefficient (Wildman–Crippen LogP) is 2.57. The first-order valence-electron chi connectivity index (χ1n) is 14.6. The largest absolute Gasteiger partial charge is 0.445 e. The van der Waals surface area contributed by atoms with Gasteiger partial charge in [0, 0.05) is 13.2 Å². The standard InChI is InChI=1S/C29H49NO11/c31-29(41-26-27-6-2-1-3-7-27)30-9-11-32-12-13-33-14-15-34-16-17-35-18-19-36-20-21-37-22-23-38-24-25-40-28-8-4-5-10-39-28/h1-3,6-7,28H,4-5,8-26H2,(H,30,31). The second kappa shape index (κ2) is 27.0. The molecule has 0 aromatic heterocycles. The van der Waals surface area contributed by atoms with Crippen molar-refractivity contribution in [3.63, 3.8) is 0 Å². The fourth-order valence-corrected chi connectivity index (χ4v) is 3.50. The molecule has 1 aromatic carbocycles. The van der Waals surface area contributed by atoms with Crippen LogP contribution in [0.5, 0.6) is 0 Å². The minimum absolute atomic E-state index is 0.0681. The first kappa shape index (κ1) is 35.3. The van der Waals surface area contributed by atoms with E-state index < -0.39 is 6.09 Å². The molecule has 2 rings (SSSR count). The molecule has 1 N–H and O–H groups in total. The number of carbonyl (C=O) groups excluding carboxylic acids is 1. The quantitative estimate of drug-likeness (QED) is 0.153. The van der Waals surface area contributed by atoms with Gasteiger partial charge in [0.2, 0.25) is 0 Å². The monoisotopic (exact) mass is 587 g/mol. The molecule has 1 unspecified atom stereocenters. The first-order valence-corrected chi connectivity index (χ1v) is 14.6. The second-order valence-corrected chi connectivity index (χ2v) is 8.94. The highest BCUT2D eigenvalue weighted by Crippen LogP contribution is 2.13. The van der Waals surface area contributed by atoms with Gasteiger partial charge in [0.1, 0.15) is 6.61 Å². The lowest BCUT2D eigenvalue weighted by Crippen LogP contribution is -2.28.